The summed E-state index contributed by atoms with van der Waals surface area (Å²) in [6.07, 6.45) is 2.67. The lowest BCUT2D eigenvalue weighted by atomic mass is 10.2. The highest BCUT2D eigenvalue weighted by molar-refractivity contribution is 5.93. The van der Waals surface area contributed by atoms with Crippen LogP contribution in [-0.4, -0.2) is 32.3 Å². The van der Waals surface area contributed by atoms with Crippen LogP contribution in [0.4, 0.5) is 5.69 Å². The van der Waals surface area contributed by atoms with Crippen molar-refractivity contribution in [1.29, 1.82) is 5.26 Å². The van der Waals surface area contributed by atoms with Gasteiger partial charge in [0.25, 0.3) is 5.82 Å². The molecule has 8 heteroatoms. The van der Waals surface area contributed by atoms with Crippen molar-refractivity contribution in [1.82, 2.24) is 19.7 Å². The molecular weight excluding hydrogens is 248 g/mol. The van der Waals surface area contributed by atoms with Crippen LogP contribution in [0.3, 0.4) is 0 Å². The molecule has 0 unspecified atom stereocenters. The molecule has 19 heavy (non-hydrogen) atoms. The van der Waals surface area contributed by atoms with Crippen molar-refractivity contribution in [2.75, 3.05) is 12.3 Å². The lowest BCUT2D eigenvalue weighted by Crippen LogP contribution is -2.12. The second-order valence-electron chi connectivity index (χ2n) is 3.48. The van der Waals surface area contributed by atoms with Crippen LogP contribution in [0.25, 0.3) is 5.82 Å². The van der Waals surface area contributed by atoms with Crippen molar-refractivity contribution in [2.45, 2.75) is 6.92 Å². The molecule has 0 amide bonds. The number of carbonyl (C=O) groups is 1. The van der Waals surface area contributed by atoms with E-state index in [4.69, 9.17) is 15.7 Å². The van der Waals surface area contributed by atoms with Gasteiger partial charge in [0.1, 0.15) is 18.0 Å². The zero-order valence-corrected chi connectivity index (χ0v) is 10.1. The summed E-state index contributed by atoms with van der Waals surface area (Å²) in [5, 5.41) is 12.5. The molecule has 2 aromatic rings. The number of rotatable bonds is 3. The highest BCUT2D eigenvalue weighted by Crippen LogP contribution is 2.15. The summed E-state index contributed by atoms with van der Waals surface area (Å²) in [7, 11) is 0. The Labute approximate surface area is 108 Å². The first-order valence-electron chi connectivity index (χ1n) is 5.40. The molecule has 0 spiro atoms. The number of pyridine rings is 1. The second kappa shape index (κ2) is 5.14. The van der Waals surface area contributed by atoms with E-state index in [0.717, 1.165) is 0 Å². The van der Waals surface area contributed by atoms with Crippen LogP contribution in [0.5, 0.6) is 0 Å². The normalized spacial score (nSPS) is 9.89. The van der Waals surface area contributed by atoms with E-state index >= 15 is 0 Å². The first-order chi connectivity index (χ1) is 9.15. The van der Waals surface area contributed by atoms with Crippen LogP contribution in [0.1, 0.15) is 23.1 Å². The van der Waals surface area contributed by atoms with Gasteiger partial charge in [-0.2, -0.15) is 5.26 Å². The number of hydrogen-bond acceptors (Lipinski definition) is 7. The van der Waals surface area contributed by atoms with E-state index in [1.807, 2.05) is 0 Å². The minimum absolute atomic E-state index is 0.0200. The van der Waals surface area contributed by atoms with Gasteiger partial charge in [-0.05, 0) is 13.0 Å². The first-order valence-corrected chi connectivity index (χ1v) is 5.40. The maximum absolute atomic E-state index is 11.8. The molecule has 0 saturated carbocycles. The molecule has 0 saturated heterocycles. The summed E-state index contributed by atoms with van der Waals surface area (Å²) < 4.78 is 6.14. The second-order valence-corrected chi connectivity index (χ2v) is 3.48. The number of nitrogens with zero attached hydrogens (tertiary/aromatic N) is 5. The number of nitrogen functional groups attached to an aromatic ring is 1. The van der Waals surface area contributed by atoms with Gasteiger partial charge in [-0.25, -0.2) is 19.4 Å². The number of ether oxygens (including phenoxy) is 1. The molecule has 2 aromatic heterocycles. The molecule has 0 radical (unpaired) electrons. The Morgan fingerprint density at radius 1 is 1.58 bits per heavy atom. The third-order valence-corrected chi connectivity index (χ3v) is 2.19. The van der Waals surface area contributed by atoms with Gasteiger partial charge < -0.3 is 10.5 Å². The Hall–Kier alpha value is -2.95. The van der Waals surface area contributed by atoms with E-state index < -0.39 is 5.97 Å². The summed E-state index contributed by atoms with van der Waals surface area (Å²) in [6, 6.07) is 3.23. The third kappa shape index (κ3) is 2.50. The van der Waals surface area contributed by atoms with E-state index in [1.54, 1.807) is 13.0 Å². The highest BCUT2D eigenvalue weighted by atomic mass is 16.5. The summed E-state index contributed by atoms with van der Waals surface area (Å²) in [4.78, 5) is 19.6. The highest BCUT2D eigenvalue weighted by Gasteiger charge is 2.17. The van der Waals surface area contributed by atoms with Gasteiger partial charge in [-0.3, -0.25) is 0 Å². The average Bonchev–Trinajstić information content (AvgIpc) is 2.87. The largest absolute Gasteiger partial charge is 0.462 e. The molecule has 0 bridgehead atoms. The number of hydrogen-bond donors (Lipinski definition) is 1. The Kier molecular flexibility index (Phi) is 3.38. The standard InChI is InChI=1S/C11H10N6O2/c1-2-19-11(18)8-3-7(13)5-14-10(8)17-6-15-9(4-12)16-17/h3,5-6H,2,13H2,1H3. The van der Waals surface area contributed by atoms with Crippen molar-refractivity contribution < 1.29 is 9.53 Å². The summed E-state index contributed by atoms with van der Waals surface area (Å²) in [5.74, 6) is -0.374. The fourth-order valence-corrected chi connectivity index (χ4v) is 1.43. The number of nitriles is 1. The first kappa shape index (κ1) is 12.5. The lowest BCUT2D eigenvalue weighted by Gasteiger charge is -2.07. The zero-order chi connectivity index (χ0) is 13.8. The maximum atomic E-state index is 11.8. The molecule has 0 aliphatic heterocycles. The van der Waals surface area contributed by atoms with Crippen LogP contribution in [0, 0.1) is 11.3 Å². The van der Waals surface area contributed by atoms with Gasteiger partial charge in [0.15, 0.2) is 5.82 Å². The van der Waals surface area contributed by atoms with Crippen LogP contribution >= 0.6 is 0 Å². The molecule has 0 aliphatic carbocycles. The topological polar surface area (TPSA) is 120 Å². The Morgan fingerprint density at radius 2 is 2.37 bits per heavy atom. The number of anilines is 1. The van der Waals surface area contributed by atoms with Crippen LogP contribution < -0.4 is 5.73 Å². The smallest absolute Gasteiger partial charge is 0.342 e. The summed E-state index contributed by atoms with van der Waals surface area (Å²) in [5.41, 5.74) is 6.09. The molecule has 0 aliphatic rings. The summed E-state index contributed by atoms with van der Waals surface area (Å²) >= 11 is 0. The van der Waals surface area contributed by atoms with E-state index in [9.17, 15) is 4.79 Å². The van der Waals surface area contributed by atoms with Gasteiger partial charge in [-0.1, -0.05) is 0 Å². The van der Waals surface area contributed by atoms with Crippen LogP contribution in [-0.2, 0) is 4.74 Å². The van der Waals surface area contributed by atoms with Crippen molar-refractivity contribution in [3.63, 3.8) is 0 Å². The minimum Gasteiger partial charge on any atom is -0.462 e. The van der Waals surface area contributed by atoms with E-state index in [0.29, 0.717) is 5.69 Å². The number of esters is 1. The monoisotopic (exact) mass is 258 g/mol. The number of aromatic nitrogens is 4. The van der Waals surface area contributed by atoms with Crippen molar-refractivity contribution in [3.8, 4) is 11.9 Å². The van der Waals surface area contributed by atoms with E-state index in [1.165, 1.54) is 23.3 Å². The molecule has 2 heterocycles. The van der Waals surface area contributed by atoms with Crippen LogP contribution in [0.15, 0.2) is 18.6 Å². The molecule has 0 aromatic carbocycles. The summed E-state index contributed by atoms with van der Waals surface area (Å²) in [6.45, 7) is 1.93. The SMILES string of the molecule is CCOC(=O)c1cc(N)cnc1-n1cnc(C#N)n1. The predicted molar refractivity (Wildman–Crippen MR) is 64.2 cm³/mol. The van der Waals surface area contributed by atoms with Crippen molar-refractivity contribution in [3.05, 3.63) is 30.0 Å². The quantitative estimate of drug-likeness (QED) is 0.785. The van der Waals surface area contributed by atoms with Gasteiger partial charge >= 0.3 is 5.97 Å². The minimum atomic E-state index is -0.564. The van der Waals surface area contributed by atoms with Gasteiger partial charge in [0, 0.05) is 0 Å². The van der Waals surface area contributed by atoms with Gasteiger partial charge in [-0.15, -0.1) is 5.10 Å². The fourth-order valence-electron chi connectivity index (χ4n) is 1.43. The van der Waals surface area contributed by atoms with Gasteiger partial charge in [0.2, 0.25) is 0 Å². The lowest BCUT2D eigenvalue weighted by molar-refractivity contribution is 0.0526. The third-order valence-electron chi connectivity index (χ3n) is 2.19. The van der Waals surface area contributed by atoms with Gasteiger partial charge in [0.05, 0.1) is 18.5 Å². The van der Waals surface area contributed by atoms with E-state index in [-0.39, 0.29) is 23.8 Å². The van der Waals surface area contributed by atoms with Crippen molar-refractivity contribution >= 4 is 11.7 Å². The Morgan fingerprint density at radius 3 is 3.00 bits per heavy atom. The average molecular weight is 258 g/mol. The maximum Gasteiger partial charge on any atom is 0.342 e. The molecule has 0 atom stereocenters. The Balaban J connectivity index is 2.50. The molecule has 96 valence electrons. The molecular formula is C11H10N6O2. The predicted octanol–water partition coefficient (Wildman–Crippen LogP) is 0.293. The molecule has 8 nitrogen and oxygen atoms in total. The van der Waals surface area contributed by atoms with E-state index in [2.05, 4.69) is 15.1 Å². The fraction of sp³-hybridized carbons (Fsp3) is 0.182. The molecule has 0 fully saturated rings. The zero-order valence-electron chi connectivity index (χ0n) is 10.1. The van der Waals surface area contributed by atoms with Crippen molar-refractivity contribution in [2.24, 2.45) is 0 Å². The number of carbonyl (C=O) groups excluding carboxylic acids is 1. The molecule has 2 N–H and O–H groups in total. The molecule has 2 rings (SSSR count). The Bertz CT molecular complexity index is 657. The van der Waals surface area contributed by atoms with Crippen LogP contribution in [0.2, 0.25) is 0 Å². The number of nitrogens with two attached hydrogens (primary N) is 1.